The monoisotopic (exact) mass is 484 g/mol. The van der Waals surface area contributed by atoms with Gasteiger partial charge in [-0.3, -0.25) is 4.79 Å². The van der Waals surface area contributed by atoms with Gasteiger partial charge in [-0.15, -0.1) is 21.5 Å². The first-order chi connectivity index (χ1) is 15.9. The molecule has 0 saturated heterocycles. The van der Waals surface area contributed by atoms with Gasteiger partial charge in [0.15, 0.2) is 0 Å². The van der Waals surface area contributed by atoms with Gasteiger partial charge in [-0.05, 0) is 55.5 Å². The third-order valence-corrected chi connectivity index (χ3v) is 6.71. The summed E-state index contributed by atoms with van der Waals surface area (Å²) in [5, 5.41) is 12.3. The molecule has 4 aromatic rings. The lowest BCUT2D eigenvalue weighted by atomic mass is 10.2. The summed E-state index contributed by atoms with van der Waals surface area (Å²) in [4.78, 5) is 17.6. The smallest absolute Gasteiger partial charge is 0.234 e. The fraction of sp³-hybridized carbons (Fsp3) is 0.130. The Morgan fingerprint density at radius 1 is 1.09 bits per heavy atom. The van der Waals surface area contributed by atoms with Gasteiger partial charge in [0.2, 0.25) is 5.91 Å². The second-order valence-electron chi connectivity index (χ2n) is 6.88. The maximum Gasteiger partial charge on any atom is 0.234 e. The summed E-state index contributed by atoms with van der Waals surface area (Å²) in [5.41, 5.74) is 2.45. The number of thiazole rings is 1. The van der Waals surface area contributed by atoms with Gasteiger partial charge >= 0.3 is 0 Å². The van der Waals surface area contributed by atoms with E-state index in [0.29, 0.717) is 16.8 Å². The lowest BCUT2D eigenvalue weighted by Crippen LogP contribution is -2.15. The minimum Gasteiger partial charge on any atom is -0.497 e. The molecule has 1 N–H and O–H groups in total. The predicted octanol–water partition coefficient (Wildman–Crippen LogP) is 5.59. The molecule has 0 atom stereocenters. The van der Waals surface area contributed by atoms with E-state index in [4.69, 9.17) is 4.74 Å². The highest BCUT2D eigenvalue weighted by Gasteiger charge is 2.14. The van der Waals surface area contributed by atoms with Crippen molar-refractivity contribution in [1.29, 1.82) is 0 Å². The minimum absolute atomic E-state index is 0.00600. The van der Waals surface area contributed by atoms with Crippen molar-refractivity contribution >= 4 is 34.7 Å². The molecule has 0 spiro atoms. The van der Waals surface area contributed by atoms with Crippen LogP contribution in [0.4, 0.5) is 14.5 Å². The Hall–Kier alpha value is -3.37. The molecule has 33 heavy (non-hydrogen) atoms. The van der Waals surface area contributed by atoms with Crippen molar-refractivity contribution in [2.24, 2.45) is 0 Å². The predicted molar refractivity (Wildman–Crippen MR) is 126 cm³/mol. The second-order valence-corrected chi connectivity index (χ2v) is 8.87. The molecule has 6 nitrogen and oxygen atoms in total. The first-order valence-corrected chi connectivity index (χ1v) is 11.6. The third-order valence-electron chi connectivity index (χ3n) is 4.56. The Kier molecular flexibility index (Phi) is 6.95. The zero-order valence-electron chi connectivity index (χ0n) is 17.6. The summed E-state index contributed by atoms with van der Waals surface area (Å²) in [6.45, 7) is 1.92. The number of hydrogen-bond acceptors (Lipinski definition) is 7. The molecule has 0 radical (unpaired) electrons. The molecule has 0 aliphatic heterocycles. The van der Waals surface area contributed by atoms with E-state index >= 15 is 0 Å². The number of hydrogen-bond donors (Lipinski definition) is 1. The van der Waals surface area contributed by atoms with Gasteiger partial charge < -0.3 is 10.1 Å². The molecule has 0 bridgehead atoms. The molecule has 0 saturated carbocycles. The summed E-state index contributed by atoms with van der Waals surface area (Å²) in [6.07, 6.45) is 0. The highest BCUT2D eigenvalue weighted by atomic mass is 32.2. The number of halogens is 2. The Labute approximate surface area is 197 Å². The van der Waals surface area contributed by atoms with Crippen molar-refractivity contribution in [3.05, 3.63) is 71.9 Å². The summed E-state index contributed by atoms with van der Waals surface area (Å²) in [6, 6.07) is 14.3. The molecular formula is C23H18F2N4O2S2. The van der Waals surface area contributed by atoms with E-state index in [9.17, 15) is 13.6 Å². The van der Waals surface area contributed by atoms with Crippen molar-refractivity contribution in [1.82, 2.24) is 15.2 Å². The lowest BCUT2D eigenvalue weighted by Gasteiger charge is -2.06. The number of nitrogens with one attached hydrogen (secondary N) is 1. The van der Waals surface area contributed by atoms with Crippen LogP contribution < -0.4 is 10.1 Å². The molecular weight excluding hydrogens is 466 g/mol. The largest absolute Gasteiger partial charge is 0.497 e. The Balaban J connectivity index is 1.40. The van der Waals surface area contributed by atoms with Crippen molar-refractivity contribution in [2.75, 3.05) is 18.2 Å². The highest BCUT2D eigenvalue weighted by Crippen LogP contribution is 2.35. The fourth-order valence-corrected chi connectivity index (χ4v) is 4.58. The van der Waals surface area contributed by atoms with Crippen LogP contribution in [0.1, 0.15) is 5.69 Å². The average Bonchev–Trinajstić information content (AvgIpc) is 3.21. The van der Waals surface area contributed by atoms with Gasteiger partial charge in [0.1, 0.15) is 33.1 Å². The van der Waals surface area contributed by atoms with E-state index in [1.165, 1.54) is 17.4 Å². The van der Waals surface area contributed by atoms with Crippen molar-refractivity contribution in [3.63, 3.8) is 0 Å². The van der Waals surface area contributed by atoms with Crippen molar-refractivity contribution in [3.8, 4) is 26.9 Å². The van der Waals surface area contributed by atoms with E-state index in [2.05, 4.69) is 20.5 Å². The van der Waals surface area contributed by atoms with Crippen LogP contribution in [0.25, 0.3) is 21.1 Å². The first-order valence-electron chi connectivity index (χ1n) is 9.76. The van der Waals surface area contributed by atoms with Crippen LogP contribution in [-0.4, -0.2) is 34.0 Å². The number of methoxy groups -OCH3 is 1. The highest BCUT2D eigenvalue weighted by molar-refractivity contribution is 7.99. The number of anilines is 1. The van der Waals surface area contributed by atoms with Gasteiger partial charge in [0, 0.05) is 11.6 Å². The number of rotatable bonds is 7. The van der Waals surface area contributed by atoms with Gasteiger partial charge in [0.05, 0.1) is 29.1 Å². The van der Waals surface area contributed by atoms with Gasteiger partial charge in [0.25, 0.3) is 0 Å². The average molecular weight is 485 g/mol. The SMILES string of the molecule is COc1ccc(-c2nc(C)c(-c3ccc(SCC(=O)Nc4ccc(F)cc4F)nn3)s2)cc1. The third kappa shape index (κ3) is 5.52. The van der Waals surface area contributed by atoms with Crippen molar-refractivity contribution < 1.29 is 18.3 Å². The van der Waals surface area contributed by atoms with E-state index in [0.717, 1.165) is 44.7 Å². The standard InChI is InChI=1S/C23H18F2N4O2S2/c1-13-22(33-23(26-13)14-3-6-16(31-2)7-4-14)19-9-10-21(29-28-19)32-12-20(30)27-18-8-5-15(24)11-17(18)25/h3-11H,12H2,1-2H3,(H,27,30). The lowest BCUT2D eigenvalue weighted by molar-refractivity contribution is -0.113. The van der Waals surface area contributed by atoms with E-state index in [1.54, 1.807) is 13.2 Å². The van der Waals surface area contributed by atoms with E-state index in [-0.39, 0.29) is 11.4 Å². The van der Waals surface area contributed by atoms with Crippen LogP contribution in [0.2, 0.25) is 0 Å². The van der Waals surface area contributed by atoms with Crippen LogP contribution >= 0.6 is 23.1 Å². The number of benzene rings is 2. The van der Waals surface area contributed by atoms with Crippen LogP contribution in [0.5, 0.6) is 5.75 Å². The maximum atomic E-state index is 13.7. The van der Waals surface area contributed by atoms with Crippen LogP contribution in [0, 0.1) is 18.6 Å². The molecule has 0 aliphatic rings. The summed E-state index contributed by atoms with van der Waals surface area (Å²) >= 11 is 2.68. The Morgan fingerprint density at radius 2 is 1.88 bits per heavy atom. The topological polar surface area (TPSA) is 77.0 Å². The summed E-state index contributed by atoms with van der Waals surface area (Å²) in [7, 11) is 1.62. The van der Waals surface area contributed by atoms with Gasteiger partial charge in [-0.1, -0.05) is 11.8 Å². The molecule has 168 valence electrons. The van der Waals surface area contributed by atoms with E-state index < -0.39 is 17.5 Å². The fourth-order valence-electron chi connectivity index (χ4n) is 2.93. The number of ether oxygens (including phenoxy) is 1. The maximum absolute atomic E-state index is 13.7. The first kappa shape index (κ1) is 22.8. The zero-order chi connectivity index (χ0) is 23.4. The molecule has 4 rings (SSSR count). The second kappa shape index (κ2) is 10.1. The number of aryl methyl sites for hydroxylation is 1. The normalized spacial score (nSPS) is 10.8. The van der Waals surface area contributed by atoms with Gasteiger partial charge in [-0.2, -0.15) is 0 Å². The number of amides is 1. The molecule has 2 heterocycles. The minimum atomic E-state index is -0.827. The quantitative estimate of drug-likeness (QED) is 0.345. The molecule has 0 aliphatic carbocycles. The number of carbonyl (C=O) groups is 1. The number of thioether (sulfide) groups is 1. The van der Waals surface area contributed by atoms with Crippen LogP contribution in [-0.2, 0) is 4.79 Å². The molecule has 2 aromatic heterocycles. The zero-order valence-corrected chi connectivity index (χ0v) is 19.3. The molecule has 0 fully saturated rings. The van der Waals surface area contributed by atoms with Crippen molar-refractivity contribution in [2.45, 2.75) is 11.9 Å². The summed E-state index contributed by atoms with van der Waals surface area (Å²) < 4.78 is 31.8. The molecule has 10 heteroatoms. The number of aromatic nitrogens is 3. The Bertz CT molecular complexity index is 1280. The summed E-state index contributed by atoms with van der Waals surface area (Å²) in [5.74, 6) is -1.18. The Morgan fingerprint density at radius 3 is 2.55 bits per heavy atom. The molecule has 1 amide bonds. The van der Waals surface area contributed by atoms with Gasteiger partial charge in [-0.25, -0.2) is 13.8 Å². The number of nitrogens with zero attached hydrogens (tertiary/aromatic N) is 3. The molecule has 0 unspecified atom stereocenters. The van der Waals surface area contributed by atoms with Crippen LogP contribution in [0.15, 0.2) is 59.6 Å². The van der Waals surface area contributed by atoms with E-state index in [1.807, 2.05) is 37.3 Å². The number of carbonyl (C=O) groups excluding carboxylic acids is 1. The molecule has 2 aromatic carbocycles. The van der Waals surface area contributed by atoms with Crippen LogP contribution in [0.3, 0.4) is 0 Å².